The fourth-order valence-electron chi connectivity index (χ4n) is 1.42. The van der Waals surface area contributed by atoms with Crippen LogP contribution in [0.4, 0.5) is 5.69 Å². The second-order valence-corrected chi connectivity index (χ2v) is 3.54. The zero-order chi connectivity index (χ0) is 11.8. The van der Waals surface area contributed by atoms with Crippen molar-refractivity contribution in [2.45, 2.75) is 6.92 Å². The number of esters is 1. The summed E-state index contributed by atoms with van der Waals surface area (Å²) in [4.78, 5) is 13.0. The molecular formula is C12H16ClNO2. The van der Waals surface area contributed by atoms with Gasteiger partial charge < -0.3 is 9.64 Å². The van der Waals surface area contributed by atoms with Crippen LogP contribution in [-0.4, -0.2) is 31.5 Å². The lowest BCUT2D eigenvalue weighted by Gasteiger charge is -2.22. The van der Waals surface area contributed by atoms with Crippen LogP contribution >= 0.6 is 11.6 Å². The van der Waals surface area contributed by atoms with E-state index >= 15 is 0 Å². The Kier molecular flexibility index (Phi) is 5.72. The molecule has 1 aromatic carbocycles. The molecule has 0 unspecified atom stereocenters. The van der Waals surface area contributed by atoms with E-state index in [0.717, 1.165) is 12.2 Å². The van der Waals surface area contributed by atoms with Gasteiger partial charge in [-0.15, -0.1) is 11.6 Å². The number of carbonyl (C=O) groups excluding carboxylic acids is 1. The Balaban J connectivity index is 2.41. The number of nitrogens with zero attached hydrogens (tertiary/aromatic N) is 1. The highest BCUT2D eigenvalue weighted by Gasteiger charge is 2.05. The first kappa shape index (κ1) is 12.8. The summed E-state index contributed by atoms with van der Waals surface area (Å²) in [6.45, 7) is 4.00. The van der Waals surface area contributed by atoms with Crippen molar-refractivity contribution in [3.8, 4) is 0 Å². The third-order valence-electron chi connectivity index (χ3n) is 2.24. The first-order valence-corrected chi connectivity index (χ1v) is 5.83. The van der Waals surface area contributed by atoms with E-state index in [-0.39, 0.29) is 11.8 Å². The molecule has 0 fully saturated rings. The maximum atomic E-state index is 10.8. The van der Waals surface area contributed by atoms with Crippen LogP contribution in [0.25, 0.3) is 0 Å². The van der Waals surface area contributed by atoms with Crippen molar-refractivity contribution in [2.24, 2.45) is 0 Å². The SMILES string of the molecule is CCN(CCOC(=O)CCl)c1ccccc1. The second-order valence-electron chi connectivity index (χ2n) is 3.27. The van der Waals surface area contributed by atoms with E-state index in [1.807, 2.05) is 30.3 Å². The molecule has 1 rings (SSSR count). The summed E-state index contributed by atoms with van der Waals surface area (Å²) in [5, 5.41) is 0. The van der Waals surface area contributed by atoms with E-state index in [4.69, 9.17) is 16.3 Å². The molecule has 0 aliphatic carbocycles. The second kappa shape index (κ2) is 7.12. The molecule has 0 saturated carbocycles. The lowest BCUT2D eigenvalue weighted by Crippen LogP contribution is -2.28. The highest BCUT2D eigenvalue weighted by molar-refractivity contribution is 6.26. The molecule has 0 heterocycles. The van der Waals surface area contributed by atoms with Crippen LogP contribution in [-0.2, 0) is 9.53 Å². The molecule has 0 radical (unpaired) electrons. The summed E-state index contributed by atoms with van der Waals surface area (Å²) in [6, 6.07) is 10.0. The Morgan fingerprint density at radius 1 is 1.38 bits per heavy atom. The Bertz CT molecular complexity index is 316. The first-order chi connectivity index (χ1) is 7.77. The number of likely N-dealkylation sites (N-methyl/N-ethyl adjacent to an activating group) is 1. The molecule has 0 saturated heterocycles. The van der Waals surface area contributed by atoms with Gasteiger partial charge in [0, 0.05) is 12.2 Å². The number of benzene rings is 1. The van der Waals surface area contributed by atoms with Crippen LogP contribution in [0.2, 0.25) is 0 Å². The van der Waals surface area contributed by atoms with Crippen molar-refractivity contribution in [1.82, 2.24) is 0 Å². The molecule has 4 heteroatoms. The Morgan fingerprint density at radius 3 is 2.62 bits per heavy atom. The minimum absolute atomic E-state index is 0.0859. The Hall–Kier alpha value is -1.22. The molecule has 0 atom stereocenters. The molecule has 0 spiro atoms. The zero-order valence-corrected chi connectivity index (χ0v) is 10.1. The molecule has 0 aromatic heterocycles. The lowest BCUT2D eigenvalue weighted by atomic mass is 10.3. The first-order valence-electron chi connectivity index (χ1n) is 5.29. The zero-order valence-electron chi connectivity index (χ0n) is 9.36. The van der Waals surface area contributed by atoms with Crippen molar-refractivity contribution < 1.29 is 9.53 Å². The molecule has 88 valence electrons. The monoisotopic (exact) mass is 241 g/mol. The predicted octanol–water partition coefficient (Wildman–Crippen LogP) is 2.29. The summed E-state index contributed by atoms with van der Waals surface area (Å²) >= 11 is 5.33. The normalized spacial score (nSPS) is 9.88. The lowest BCUT2D eigenvalue weighted by molar-refractivity contribution is -0.140. The van der Waals surface area contributed by atoms with Crippen molar-refractivity contribution in [3.05, 3.63) is 30.3 Å². The van der Waals surface area contributed by atoms with E-state index < -0.39 is 0 Å². The van der Waals surface area contributed by atoms with Crippen LogP contribution < -0.4 is 4.90 Å². The number of carbonyl (C=O) groups is 1. The van der Waals surface area contributed by atoms with E-state index in [9.17, 15) is 4.79 Å². The molecule has 0 bridgehead atoms. The molecule has 3 nitrogen and oxygen atoms in total. The Morgan fingerprint density at radius 2 is 2.06 bits per heavy atom. The summed E-state index contributed by atoms with van der Waals surface area (Å²) in [7, 11) is 0. The topological polar surface area (TPSA) is 29.5 Å². The summed E-state index contributed by atoms with van der Waals surface area (Å²) in [5.74, 6) is -0.455. The molecule has 0 aliphatic rings. The molecule has 0 N–H and O–H groups in total. The minimum Gasteiger partial charge on any atom is -0.463 e. The number of ether oxygens (including phenoxy) is 1. The van der Waals surface area contributed by atoms with Gasteiger partial charge in [0.05, 0.1) is 6.54 Å². The number of hydrogen-bond donors (Lipinski definition) is 0. The number of halogens is 1. The third kappa shape index (κ3) is 4.11. The van der Waals surface area contributed by atoms with Gasteiger partial charge in [0.25, 0.3) is 0 Å². The third-order valence-corrected chi connectivity index (χ3v) is 2.45. The Labute approximate surface area is 101 Å². The molecular weight excluding hydrogens is 226 g/mol. The highest BCUT2D eigenvalue weighted by Crippen LogP contribution is 2.11. The van der Waals surface area contributed by atoms with Crippen LogP contribution in [0.5, 0.6) is 0 Å². The number of hydrogen-bond acceptors (Lipinski definition) is 3. The number of rotatable bonds is 6. The highest BCUT2D eigenvalue weighted by atomic mass is 35.5. The van der Waals surface area contributed by atoms with Gasteiger partial charge in [0.2, 0.25) is 0 Å². The van der Waals surface area contributed by atoms with Gasteiger partial charge in [0.1, 0.15) is 12.5 Å². The average molecular weight is 242 g/mol. The van der Waals surface area contributed by atoms with E-state index in [2.05, 4.69) is 11.8 Å². The molecule has 0 aliphatic heterocycles. The number of anilines is 1. The fraction of sp³-hybridized carbons (Fsp3) is 0.417. The van der Waals surface area contributed by atoms with Crippen molar-refractivity contribution in [2.75, 3.05) is 30.5 Å². The van der Waals surface area contributed by atoms with Gasteiger partial charge in [-0.3, -0.25) is 4.79 Å². The van der Waals surface area contributed by atoms with Crippen molar-refractivity contribution >= 4 is 23.3 Å². The minimum atomic E-state index is -0.370. The van der Waals surface area contributed by atoms with Crippen molar-refractivity contribution in [3.63, 3.8) is 0 Å². The van der Waals surface area contributed by atoms with E-state index in [1.54, 1.807) is 0 Å². The van der Waals surface area contributed by atoms with Crippen LogP contribution in [0.15, 0.2) is 30.3 Å². The predicted molar refractivity (Wildman–Crippen MR) is 66.0 cm³/mol. The van der Waals surface area contributed by atoms with Gasteiger partial charge >= 0.3 is 5.97 Å². The number of alkyl halides is 1. The largest absolute Gasteiger partial charge is 0.463 e. The summed E-state index contributed by atoms with van der Waals surface area (Å²) in [5.41, 5.74) is 1.13. The quantitative estimate of drug-likeness (QED) is 0.565. The van der Waals surface area contributed by atoms with Gasteiger partial charge in [-0.05, 0) is 19.1 Å². The summed E-state index contributed by atoms with van der Waals surface area (Å²) < 4.78 is 4.93. The smallest absolute Gasteiger partial charge is 0.320 e. The molecule has 0 amide bonds. The molecule has 16 heavy (non-hydrogen) atoms. The van der Waals surface area contributed by atoms with Crippen LogP contribution in [0.3, 0.4) is 0 Å². The molecule has 1 aromatic rings. The van der Waals surface area contributed by atoms with Gasteiger partial charge in [-0.1, -0.05) is 18.2 Å². The van der Waals surface area contributed by atoms with Crippen LogP contribution in [0.1, 0.15) is 6.92 Å². The van der Waals surface area contributed by atoms with Crippen molar-refractivity contribution in [1.29, 1.82) is 0 Å². The average Bonchev–Trinajstić information content (AvgIpc) is 2.35. The van der Waals surface area contributed by atoms with Gasteiger partial charge in [-0.2, -0.15) is 0 Å². The standard InChI is InChI=1S/C12H16ClNO2/c1-2-14(8-9-16-12(15)10-13)11-6-4-3-5-7-11/h3-7H,2,8-10H2,1H3. The van der Waals surface area contributed by atoms with Crippen LogP contribution in [0, 0.1) is 0 Å². The van der Waals surface area contributed by atoms with E-state index in [1.165, 1.54) is 0 Å². The van der Waals surface area contributed by atoms with Gasteiger partial charge in [0.15, 0.2) is 0 Å². The number of para-hydroxylation sites is 1. The maximum absolute atomic E-state index is 10.8. The fourth-order valence-corrected chi connectivity index (χ4v) is 1.49. The maximum Gasteiger partial charge on any atom is 0.320 e. The van der Waals surface area contributed by atoms with Gasteiger partial charge in [-0.25, -0.2) is 0 Å². The van der Waals surface area contributed by atoms with E-state index in [0.29, 0.717) is 13.2 Å². The summed E-state index contributed by atoms with van der Waals surface area (Å²) in [6.07, 6.45) is 0.